The van der Waals surface area contributed by atoms with Gasteiger partial charge in [-0.3, -0.25) is 9.69 Å². The first-order chi connectivity index (χ1) is 10.1. The zero-order valence-corrected chi connectivity index (χ0v) is 13.0. The molecule has 2 heterocycles. The van der Waals surface area contributed by atoms with E-state index in [0.717, 1.165) is 26.1 Å². The molecule has 0 spiro atoms. The molecule has 0 saturated carbocycles. The number of ether oxygens (including phenoxy) is 1. The molecule has 1 fully saturated rings. The molecular weight excluding hydrogens is 292 g/mol. The van der Waals surface area contributed by atoms with Crippen LogP contribution in [0.1, 0.15) is 16.8 Å². The number of halogens is 1. The van der Waals surface area contributed by atoms with Crippen LogP contribution in [0.3, 0.4) is 0 Å². The monoisotopic (exact) mass is 312 g/mol. The van der Waals surface area contributed by atoms with E-state index in [9.17, 15) is 4.79 Å². The number of hydrogen-bond acceptors (Lipinski definition) is 5. The zero-order valence-electron chi connectivity index (χ0n) is 12.2. The van der Waals surface area contributed by atoms with Gasteiger partial charge in [0, 0.05) is 33.3 Å². The van der Waals surface area contributed by atoms with Gasteiger partial charge >= 0.3 is 0 Å². The molecular formula is C14H21ClN4O2. The van der Waals surface area contributed by atoms with E-state index in [0.29, 0.717) is 30.9 Å². The van der Waals surface area contributed by atoms with Crippen molar-refractivity contribution in [3.8, 4) is 0 Å². The molecule has 0 radical (unpaired) electrons. The van der Waals surface area contributed by atoms with Gasteiger partial charge in [0.2, 0.25) is 0 Å². The summed E-state index contributed by atoms with van der Waals surface area (Å²) in [6.07, 6.45) is 2.39. The second-order valence-electron chi connectivity index (χ2n) is 5.09. The first-order valence-electron chi connectivity index (χ1n) is 7.03. The van der Waals surface area contributed by atoms with Crippen LogP contribution >= 0.6 is 11.6 Å². The molecule has 1 amide bonds. The number of anilines is 1. The third kappa shape index (κ3) is 4.30. The molecule has 0 aromatic carbocycles. The number of amides is 1. The highest BCUT2D eigenvalue weighted by molar-refractivity contribution is 6.32. The summed E-state index contributed by atoms with van der Waals surface area (Å²) in [6.45, 7) is 4.79. The normalized spacial score (nSPS) is 16.8. The maximum atomic E-state index is 12.5. The molecule has 6 nitrogen and oxygen atoms in total. The van der Waals surface area contributed by atoms with Crippen LogP contribution in [-0.4, -0.2) is 67.1 Å². The molecule has 1 saturated heterocycles. The number of carbonyl (C=O) groups is 1. The van der Waals surface area contributed by atoms with Crippen molar-refractivity contribution in [2.75, 3.05) is 52.2 Å². The van der Waals surface area contributed by atoms with Gasteiger partial charge in [-0.05, 0) is 19.0 Å². The molecule has 0 unspecified atom stereocenters. The summed E-state index contributed by atoms with van der Waals surface area (Å²) < 4.78 is 5.10. The smallest absolute Gasteiger partial charge is 0.257 e. The molecule has 0 atom stereocenters. The van der Waals surface area contributed by atoms with Crippen LogP contribution in [0.4, 0.5) is 5.69 Å². The average molecular weight is 313 g/mol. The minimum absolute atomic E-state index is 0.103. The Labute approximate surface area is 129 Å². The van der Waals surface area contributed by atoms with Crippen LogP contribution < -0.4 is 5.73 Å². The van der Waals surface area contributed by atoms with Gasteiger partial charge in [-0.1, -0.05) is 11.6 Å². The standard InChI is InChI=1S/C14H21ClN4O2/c1-21-8-7-18-3-2-4-19(6-5-18)14(20)12-9-11(16)10-17-13(12)15/h9-10H,2-8,16H2,1H3. The average Bonchev–Trinajstić information content (AvgIpc) is 2.72. The van der Waals surface area contributed by atoms with E-state index in [1.54, 1.807) is 13.2 Å². The van der Waals surface area contributed by atoms with Crippen molar-refractivity contribution in [1.82, 2.24) is 14.8 Å². The van der Waals surface area contributed by atoms with Crippen molar-refractivity contribution in [3.63, 3.8) is 0 Å². The van der Waals surface area contributed by atoms with Crippen LogP contribution in [-0.2, 0) is 4.74 Å². The largest absolute Gasteiger partial charge is 0.397 e. The summed E-state index contributed by atoms with van der Waals surface area (Å²) in [4.78, 5) is 20.6. The number of nitrogens with zero attached hydrogens (tertiary/aromatic N) is 3. The van der Waals surface area contributed by atoms with Crippen molar-refractivity contribution in [1.29, 1.82) is 0 Å². The number of nitrogens with two attached hydrogens (primary N) is 1. The van der Waals surface area contributed by atoms with Crippen LogP contribution in [0.15, 0.2) is 12.3 Å². The fourth-order valence-corrected chi connectivity index (χ4v) is 2.59. The molecule has 0 bridgehead atoms. The predicted molar refractivity (Wildman–Crippen MR) is 82.5 cm³/mol. The van der Waals surface area contributed by atoms with Crippen molar-refractivity contribution >= 4 is 23.2 Å². The Kier molecular flexibility index (Phi) is 5.78. The van der Waals surface area contributed by atoms with E-state index < -0.39 is 0 Å². The van der Waals surface area contributed by atoms with E-state index in [1.807, 2.05) is 4.90 Å². The number of methoxy groups -OCH3 is 1. The number of rotatable bonds is 4. The summed E-state index contributed by atoms with van der Waals surface area (Å²) in [5, 5.41) is 0.203. The number of hydrogen-bond donors (Lipinski definition) is 1. The first-order valence-corrected chi connectivity index (χ1v) is 7.41. The fourth-order valence-electron chi connectivity index (χ4n) is 2.40. The molecule has 1 aliphatic rings. The van der Waals surface area contributed by atoms with Crippen LogP contribution in [0.25, 0.3) is 0 Å². The molecule has 1 aromatic heterocycles. The summed E-state index contributed by atoms with van der Waals surface area (Å²) in [6, 6.07) is 1.59. The minimum Gasteiger partial charge on any atom is -0.397 e. The quantitative estimate of drug-likeness (QED) is 0.843. The van der Waals surface area contributed by atoms with Crippen molar-refractivity contribution < 1.29 is 9.53 Å². The van der Waals surface area contributed by atoms with E-state index >= 15 is 0 Å². The summed E-state index contributed by atoms with van der Waals surface area (Å²) >= 11 is 6.01. The maximum Gasteiger partial charge on any atom is 0.257 e. The van der Waals surface area contributed by atoms with Crippen molar-refractivity contribution in [2.24, 2.45) is 0 Å². The van der Waals surface area contributed by atoms with Crippen molar-refractivity contribution in [3.05, 3.63) is 23.0 Å². The number of pyridine rings is 1. The molecule has 2 N–H and O–H groups in total. The second-order valence-corrected chi connectivity index (χ2v) is 5.45. The predicted octanol–water partition coefficient (Wildman–Crippen LogP) is 1.11. The molecule has 0 aliphatic carbocycles. The third-order valence-electron chi connectivity index (χ3n) is 3.58. The highest BCUT2D eigenvalue weighted by Crippen LogP contribution is 2.18. The van der Waals surface area contributed by atoms with Crippen molar-refractivity contribution in [2.45, 2.75) is 6.42 Å². The number of nitrogen functional groups attached to an aromatic ring is 1. The van der Waals surface area contributed by atoms with E-state index in [1.165, 1.54) is 6.20 Å². The maximum absolute atomic E-state index is 12.5. The lowest BCUT2D eigenvalue weighted by Crippen LogP contribution is -2.36. The topological polar surface area (TPSA) is 71.7 Å². The van der Waals surface area contributed by atoms with Gasteiger partial charge in [0.05, 0.1) is 24.1 Å². The van der Waals surface area contributed by atoms with Crippen LogP contribution in [0, 0.1) is 0 Å². The Morgan fingerprint density at radius 2 is 2.24 bits per heavy atom. The van der Waals surface area contributed by atoms with Gasteiger partial charge in [0.1, 0.15) is 5.15 Å². The molecule has 21 heavy (non-hydrogen) atoms. The van der Waals surface area contributed by atoms with Crippen LogP contribution in [0.5, 0.6) is 0 Å². The summed E-state index contributed by atoms with van der Waals surface area (Å²) in [5.41, 5.74) is 6.51. The van der Waals surface area contributed by atoms with E-state index in [4.69, 9.17) is 22.1 Å². The van der Waals surface area contributed by atoms with Crippen LogP contribution in [0.2, 0.25) is 5.15 Å². The molecule has 2 rings (SSSR count). The summed E-state index contributed by atoms with van der Waals surface area (Å²) in [5.74, 6) is -0.103. The molecule has 1 aromatic rings. The Bertz CT molecular complexity index is 498. The van der Waals surface area contributed by atoms with Gasteiger partial charge in [-0.25, -0.2) is 4.98 Å². The number of aromatic nitrogens is 1. The van der Waals surface area contributed by atoms with Gasteiger partial charge < -0.3 is 15.4 Å². The Hall–Kier alpha value is -1.37. The van der Waals surface area contributed by atoms with Gasteiger partial charge in [0.25, 0.3) is 5.91 Å². The highest BCUT2D eigenvalue weighted by atomic mass is 35.5. The molecule has 116 valence electrons. The Morgan fingerprint density at radius 3 is 3.00 bits per heavy atom. The van der Waals surface area contributed by atoms with Gasteiger partial charge in [-0.15, -0.1) is 0 Å². The first kappa shape index (κ1) is 16.0. The Morgan fingerprint density at radius 1 is 1.43 bits per heavy atom. The van der Waals surface area contributed by atoms with E-state index in [2.05, 4.69) is 9.88 Å². The third-order valence-corrected chi connectivity index (χ3v) is 3.88. The molecule has 7 heteroatoms. The molecule has 1 aliphatic heterocycles. The SMILES string of the molecule is COCCN1CCCN(C(=O)c2cc(N)cnc2Cl)CC1. The van der Waals surface area contributed by atoms with Gasteiger partial charge in [-0.2, -0.15) is 0 Å². The Balaban J connectivity index is 2.01. The highest BCUT2D eigenvalue weighted by Gasteiger charge is 2.22. The minimum atomic E-state index is -0.103. The lowest BCUT2D eigenvalue weighted by atomic mass is 10.2. The van der Waals surface area contributed by atoms with E-state index in [-0.39, 0.29) is 11.1 Å². The number of carbonyl (C=O) groups excluding carboxylic acids is 1. The summed E-state index contributed by atoms with van der Waals surface area (Å²) in [7, 11) is 1.70. The fraction of sp³-hybridized carbons (Fsp3) is 0.571. The zero-order chi connectivity index (χ0) is 15.2. The second kappa shape index (κ2) is 7.59. The van der Waals surface area contributed by atoms with Gasteiger partial charge in [0.15, 0.2) is 0 Å². The lowest BCUT2D eigenvalue weighted by molar-refractivity contribution is 0.0759. The lowest BCUT2D eigenvalue weighted by Gasteiger charge is -2.22.